The maximum atomic E-state index is 8.81. The third-order valence-electron chi connectivity index (χ3n) is 1.15. The Bertz CT molecular complexity index is 143. The van der Waals surface area contributed by atoms with E-state index in [2.05, 4.69) is 5.73 Å². The van der Waals surface area contributed by atoms with Crippen molar-refractivity contribution in [3.8, 4) is 0 Å². The predicted molar refractivity (Wildman–Crippen MR) is 29.5 cm³/mol. The summed E-state index contributed by atoms with van der Waals surface area (Å²) < 4.78 is 0. The Balaban J connectivity index is 2.75. The summed E-state index contributed by atoms with van der Waals surface area (Å²) in [6, 6.07) is 0. The van der Waals surface area contributed by atoms with E-state index in [0.29, 0.717) is 6.42 Å². The van der Waals surface area contributed by atoms with Crippen molar-refractivity contribution in [1.82, 2.24) is 0 Å². The molecule has 0 saturated carbocycles. The van der Waals surface area contributed by atoms with Crippen LogP contribution < -0.4 is 0 Å². The second kappa shape index (κ2) is 2.03. The normalized spacial score (nSPS) is 27.6. The molecule has 44 valence electrons. The quantitative estimate of drug-likeness (QED) is 0.454. The van der Waals surface area contributed by atoms with E-state index in [1.807, 2.05) is 0 Å². The van der Waals surface area contributed by atoms with Crippen LogP contribution in [0.4, 0.5) is 0 Å². The Morgan fingerprint density at radius 2 is 2.50 bits per heavy atom. The first-order valence-electron chi connectivity index (χ1n) is 2.63. The summed E-state index contributed by atoms with van der Waals surface area (Å²) in [6.45, 7) is 0. The van der Waals surface area contributed by atoms with Gasteiger partial charge in [-0.15, -0.1) is 0 Å². The second-order valence-corrected chi connectivity index (χ2v) is 1.83. The van der Waals surface area contributed by atoms with Gasteiger partial charge in [0.2, 0.25) is 0 Å². The van der Waals surface area contributed by atoms with E-state index in [0.717, 1.165) is 6.42 Å². The molecule has 0 aromatic carbocycles. The lowest BCUT2D eigenvalue weighted by Gasteiger charge is -2.07. The van der Waals surface area contributed by atoms with Crippen LogP contribution in [0.2, 0.25) is 0 Å². The number of aliphatic hydroxyl groups is 2. The maximum absolute atomic E-state index is 8.81. The Morgan fingerprint density at radius 1 is 1.75 bits per heavy atom. The van der Waals surface area contributed by atoms with Crippen LogP contribution in [0.5, 0.6) is 0 Å². The van der Waals surface area contributed by atoms with Gasteiger partial charge in [-0.2, -0.15) is 0 Å². The van der Waals surface area contributed by atoms with Gasteiger partial charge in [-0.1, -0.05) is 5.73 Å². The Kier molecular flexibility index (Phi) is 1.38. The van der Waals surface area contributed by atoms with E-state index in [9.17, 15) is 0 Å². The van der Waals surface area contributed by atoms with Gasteiger partial charge in [0.15, 0.2) is 5.76 Å². The third-order valence-corrected chi connectivity index (χ3v) is 1.15. The Morgan fingerprint density at radius 3 is 2.88 bits per heavy atom. The van der Waals surface area contributed by atoms with Crippen molar-refractivity contribution < 1.29 is 10.2 Å². The zero-order valence-electron chi connectivity index (χ0n) is 4.46. The molecule has 1 rings (SSSR count). The number of hydrogen-bond acceptors (Lipinski definition) is 2. The van der Waals surface area contributed by atoms with Crippen molar-refractivity contribution in [2.45, 2.75) is 18.9 Å². The van der Waals surface area contributed by atoms with Crippen LogP contribution in [-0.2, 0) is 0 Å². The molecule has 0 aromatic rings. The monoisotopic (exact) mass is 112 g/mol. The first-order valence-corrected chi connectivity index (χ1v) is 2.63. The summed E-state index contributed by atoms with van der Waals surface area (Å²) in [4.78, 5) is 0. The lowest BCUT2D eigenvalue weighted by atomic mass is 10.1. The van der Waals surface area contributed by atoms with Gasteiger partial charge >= 0.3 is 0 Å². The highest BCUT2D eigenvalue weighted by Gasteiger charge is 2.09. The molecule has 0 spiro atoms. The molecule has 0 aliphatic heterocycles. The molecular formula is C6H8O2. The van der Waals surface area contributed by atoms with Gasteiger partial charge in [0, 0.05) is 0 Å². The fraction of sp³-hybridized carbons (Fsp3) is 0.500. The summed E-state index contributed by atoms with van der Waals surface area (Å²) in [6.07, 6.45) is 2.49. The minimum atomic E-state index is -0.667. The van der Waals surface area contributed by atoms with Gasteiger partial charge < -0.3 is 10.2 Å². The number of rotatable bonds is 0. The SMILES string of the molecule is OC1=C=CCCC1O. The van der Waals surface area contributed by atoms with Gasteiger partial charge in [0.1, 0.15) is 6.10 Å². The average Bonchev–Trinajstić information content (AvgIpc) is 1.77. The van der Waals surface area contributed by atoms with Crippen molar-refractivity contribution >= 4 is 0 Å². The molecule has 1 aliphatic rings. The van der Waals surface area contributed by atoms with Gasteiger partial charge in [0.25, 0.3) is 0 Å². The third kappa shape index (κ3) is 0.915. The maximum Gasteiger partial charge on any atom is 0.163 e. The predicted octanol–water partition coefficient (Wildman–Crippen LogP) is 0.738. The summed E-state index contributed by atoms with van der Waals surface area (Å²) in [7, 11) is 0. The molecule has 0 aromatic heterocycles. The van der Waals surface area contributed by atoms with Crippen molar-refractivity contribution in [1.29, 1.82) is 0 Å². The van der Waals surface area contributed by atoms with Gasteiger partial charge in [-0.05, 0) is 18.9 Å². The van der Waals surface area contributed by atoms with Crippen molar-refractivity contribution in [3.05, 3.63) is 17.6 Å². The standard InChI is InChI=1S/C6H8O2/c7-5-3-1-2-4-6(5)8/h1,6-8H,2,4H2. The van der Waals surface area contributed by atoms with E-state index in [1.54, 1.807) is 6.08 Å². The Labute approximate surface area is 47.8 Å². The van der Waals surface area contributed by atoms with Gasteiger partial charge in [-0.25, -0.2) is 0 Å². The van der Waals surface area contributed by atoms with E-state index in [1.165, 1.54) is 0 Å². The van der Waals surface area contributed by atoms with Crippen LogP contribution in [0.15, 0.2) is 17.6 Å². The van der Waals surface area contributed by atoms with E-state index >= 15 is 0 Å². The molecule has 0 bridgehead atoms. The van der Waals surface area contributed by atoms with Crippen LogP contribution in [0.25, 0.3) is 0 Å². The largest absolute Gasteiger partial charge is 0.502 e. The highest BCUT2D eigenvalue weighted by molar-refractivity contribution is 5.02. The summed E-state index contributed by atoms with van der Waals surface area (Å²) in [5.74, 6) is -0.0312. The van der Waals surface area contributed by atoms with Crippen LogP contribution in [-0.4, -0.2) is 16.3 Å². The molecular weight excluding hydrogens is 104 g/mol. The molecule has 0 amide bonds. The molecule has 1 atom stereocenters. The molecule has 1 unspecified atom stereocenters. The molecule has 2 N–H and O–H groups in total. The van der Waals surface area contributed by atoms with Gasteiger partial charge in [0.05, 0.1) is 0 Å². The molecule has 0 saturated heterocycles. The first-order chi connectivity index (χ1) is 3.80. The fourth-order valence-electron chi connectivity index (χ4n) is 0.651. The highest BCUT2D eigenvalue weighted by atomic mass is 16.3. The van der Waals surface area contributed by atoms with Crippen molar-refractivity contribution in [2.24, 2.45) is 0 Å². The zero-order valence-corrected chi connectivity index (χ0v) is 4.46. The Hall–Kier alpha value is -0.720. The van der Waals surface area contributed by atoms with Crippen LogP contribution in [0, 0.1) is 0 Å². The number of hydrogen-bond donors (Lipinski definition) is 2. The molecule has 2 heteroatoms. The minimum Gasteiger partial charge on any atom is -0.502 e. The lowest BCUT2D eigenvalue weighted by Crippen LogP contribution is -2.10. The molecule has 0 radical (unpaired) electrons. The fourth-order valence-corrected chi connectivity index (χ4v) is 0.651. The zero-order chi connectivity index (χ0) is 5.98. The van der Waals surface area contributed by atoms with Crippen LogP contribution in [0.3, 0.4) is 0 Å². The van der Waals surface area contributed by atoms with Gasteiger partial charge in [-0.3, -0.25) is 0 Å². The molecule has 1 aliphatic carbocycles. The first kappa shape index (κ1) is 5.42. The average molecular weight is 112 g/mol. The molecule has 8 heavy (non-hydrogen) atoms. The van der Waals surface area contributed by atoms with E-state index < -0.39 is 6.10 Å². The van der Waals surface area contributed by atoms with Crippen molar-refractivity contribution in [2.75, 3.05) is 0 Å². The molecule has 0 heterocycles. The van der Waals surface area contributed by atoms with Crippen molar-refractivity contribution in [3.63, 3.8) is 0 Å². The summed E-state index contributed by atoms with van der Waals surface area (Å²) >= 11 is 0. The van der Waals surface area contributed by atoms with E-state index in [-0.39, 0.29) is 5.76 Å². The minimum absolute atomic E-state index is 0.0312. The summed E-state index contributed by atoms with van der Waals surface area (Å²) in [5, 5.41) is 17.5. The second-order valence-electron chi connectivity index (χ2n) is 1.83. The molecule has 0 fully saturated rings. The molecule has 2 nitrogen and oxygen atoms in total. The van der Waals surface area contributed by atoms with Crippen LogP contribution in [0.1, 0.15) is 12.8 Å². The topological polar surface area (TPSA) is 40.5 Å². The number of aliphatic hydroxyl groups excluding tert-OH is 2. The van der Waals surface area contributed by atoms with Crippen LogP contribution >= 0.6 is 0 Å². The summed E-state index contributed by atoms with van der Waals surface area (Å²) in [5.41, 5.74) is 2.53. The smallest absolute Gasteiger partial charge is 0.163 e. The lowest BCUT2D eigenvalue weighted by molar-refractivity contribution is 0.143. The highest BCUT2D eigenvalue weighted by Crippen LogP contribution is 2.09. The van der Waals surface area contributed by atoms with E-state index in [4.69, 9.17) is 10.2 Å².